The Labute approximate surface area is 172 Å². The van der Waals surface area contributed by atoms with Crippen LogP contribution in [0.25, 0.3) is 0 Å². The van der Waals surface area contributed by atoms with Crippen molar-refractivity contribution in [2.75, 3.05) is 25.0 Å². The molecule has 0 bridgehead atoms. The number of likely N-dealkylation sites (tertiary alicyclic amines) is 1. The third-order valence-corrected chi connectivity index (χ3v) is 6.25. The Kier molecular flexibility index (Phi) is 6.32. The average molecular weight is 404 g/mol. The van der Waals surface area contributed by atoms with Gasteiger partial charge in [0.2, 0.25) is 0 Å². The molecule has 1 aliphatic carbocycles. The number of hydrogen-bond acceptors (Lipinski definition) is 1. The standard InChI is InChI=1S/C20H30N2O.Y/c1-5-22(11-7-6-8-12-22)20(9-10-20)19(23)21-18-16(3)13-15(2)14-17(18)4;/h13-14H,5-12H2,1-4H3;/p+1. The van der Waals surface area contributed by atoms with Crippen LogP contribution in [0, 0.1) is 20.8 Å². The van der Waals surface area contributed by atoms with Crippen molar-refractivity contribution in [3.05, 3.63) is 28.8 Å². The minimum atomic E-state index is -0.154. The second-order valence-electron chi connectivity index (χ2n) is 7.73. The number of carbonyl (C=O) groups is 1. The molecule has 2 aliphatic rings. The summed E-state index contributed by atoms with van der Waals surface area (Å²) in [6, 6.07) is 4.32. The van der Waals surface area contributed by atoms with Gasteiger partial charge in [0.1, 0.15) is 0 Å². The van der Waals surface area contributed by atoms with Crippen LogP contribution in [-0.4, -0.2) is 35.6 Å². The number of nitrogens with zero attached hydrogens (tertiary/aromatic N) is 1. The molecular weight excluding hydrogens is 373 g/mol. The molecule has 0 atom stereocenters. The second kappa shape index (κ2) is 7.55. The van der Waals surface area contributed by atoms with Crippen molar-refractivity contribution in [3.8, 4) is 0 Å². The number of anilines is 1. The van der Waals surface area contributed by atoms with Crippen LogP contribution >= 0.6 is 0 Å². The molecule has 1 radical (unpaired) electrons. The molecule has 129 valence electrons. The predicted molar refractivity (Wildman–Crippen MR) is 95.6 cm³/mol. The van der Waals surface area contributed by atoms with Crippen molar-refractivity contribution in [1.82, 2.24) is 0 Å². The summed E-state index contributed by atoms with van der Waals surface area (Å²) in [4.78, 5) is 13.2. The first-order valence-electron chi connectivity index (χ1n) is 9.20. The fraction of sp³-hybridized carbons (Fsp3) is 0.650. The number of aryl methyl sites for hydroxylation is 3. The number of hydrogen-bond donors (Lipinski definition) is 1. The summed E-state index contributed by atoms with van der Waals surface area (Å²) < 4.78 is 1.02. The summed E-state index contributed by atoms with van der Waals surface area (Å²) in [5.74, 6) is 0.260. The van der Waals surface area contributed by atoms with Gasteiger partial charge >= 0.3 is 0 Å². The summed E-state index contributed by atoms with van der Waals surface area (Å²) in [6.45, 7) is 12.0. The third-order valence-electron chi connectivity index (χ3n) is 6.25. The smallest absolute Gasteiger partial charge is 0.285 e. The molecule has 4 heteroatoms. The fourth-order valence-corrected chi connectivity index (χ4v) is 4.81. The minimum absolute atomic E-state index is 0. The first kappa shape index (κ1) is 20.1. The van der Waals surface area contributed by atoms with E-state index in [9.17, 15) is 4.79 Å². The van der Waals surface area contributed by atoms with Gasteiger partial charge in [0.25, 0.3) is 5.91 Å². The van der Waals surface area contributed by atoms with Crippen molar-refractivity contribution >= 4 is 11.6 Å². The van der Waals surface area contributed by atoms with Gasteiger partial charge in [-0.2, -0.15) is 0 Å². The van der Waals surface area contributed by atoms with Crippen molar-refractivity contribution in [3.63, 3.8) is 0 Å². The first-order chi connectivity index (χ1) is 10.9. The van der Waals surface area contributed by atoms with Gasteiger partial charge in [-0.05, 0) is 58.1 Å². The monoisotopic (exact) mass is 404 g/mol. The molecule has 0 unspecified atom stereocenters. The van der Waals surface area contributed by atoms with Crippen molar-refractivity contribution < 1.29 is 42.0 Å². The number of amides is 1. The molecule has 0 aromatic heterocycles. The van der Waals surface area contributed by atoms with E-state index in [-0.39, 0.29) is 44.2 Å². The molecule has 1 aromatic carbocycles. The number of benzene rings is 1. The zero-order valence-electron chi connectivity index (χ0n) is 15.7. The largest absolute Gasteiger partial charge is 0.320 e. The Morgan fingerprint density at radius 2 is 1.62 bits per heavy atom. The molecule has 1 N–H and O–H groups in total. The van der Waals surface area contributed by atoms with E-state index in [0.717, 1.165) is 29.6 Å². The van der Waals surface area contributed by atoms with Gasteiger partial charge < -0.3 is 9.80 Å². The number of piperidine rings is 1. The van der Waals surface area contributed by atoms with Crippen LogP contribution in [0.1, 0.15) is 55.7 Å². The number of likely N-dealkylation sites (N-methyl/N-ethyl adjacent to an activating group) is 1. The van der Waals surface area contributed by atoms with Gasteiger partial charge in [-0.25, -0.2) is 0 Å². The molecule has 2 fully saturated rings. The molecule has 1 aliphatic heterocycles. The Morgan fingerprint density at radius 3 is 2.08 bits per heavy atom. The number of carbonyl (C=O) groups excluding carboxylic acids is 1. The molecule has 0 spiro atoms. The fourth-order valence-electron chi connectivity index (χ4n) is 4.81. The Balaban J connectivity index is 0.00000208. The average Bonchev–Trinajstić information content (AvgIpc) is 3.33. The van der Waals surface area contributed by atoms with E-state index in [0.29, 0.717) is 0 Å². The molecule has 1 saturated carbocycles. The van der Waals surface area contributed by atoms with Gasteiger partial charge in [0, 0.05) is 51.2 Å². The van der Waals surface area contributed by atoms with E-state index in [4.69, 9.17) is 0 Å². The molecule has 1 heterocycles. The Morgan fingerprint density at radius 1 is 1.08 bits per heavy atom. The minimum Gasteiger partial charge on any atom is -0.320 e. The maximum absolute atomic E-state index is 13.2. The quantitative estimate of drug-likeness (QED) is 0.753. The zero-order chi connectivity index (χ0) is 16.7. The molecule has 1 amide bonds. The van der Waals surface area contributed by atoms with E-state index in [2.05, 4.69) is 45.1 Å². The second-order valence-corrected chi connectivity index (χ2v) is 7.73. The van der Waals surface area contributed by atoms with Crippen LogP contribution < -0.4 is 5.32 Å². The van der Waals surface area contributed by atoms with Crippen LogP contribution in [-0.2, 0) is 37.5 Å². The van der Waals surface area contributed by atoms with Crippen LogP contribution in [0.4, 0.5) is 5.69 Å². The summed E-state index contributed by atoms with van der Waals surface area (Å²) in [6.07, 6.45) is 5.97. The SMILES string of the molecule is CC[N+]1(C2(C(=O)Nc3c(C)cc(C)cc3C)CC2)CCCCC1.[Y]. The maximum atomic E-state index is 13.2. The molecule has 3 nitrogen and oxygen atoms in total. The van der Waals surface area contributed by atoms with Gasteiger partial charge in [0.05, 0.1) is 19.6 Å². The van der Waals surface area contributed by atoms with Gasteiger partial charge in [-0.1, -0.05) is 17.7 Å². The first-order valence-corrected chi connectivity index (χ1v) is 9.20. The molecule has 24 heavy (non-hydrogen) atoms. The summed E-state index contributed by atoms with van der Waals surface area (Å²) in [7, 11) is 0. The topological polar surface area (TPSA) is 29.1 Å². The maximum Gasteiger partial charge on any atom is 0.285 e. The van der Waals surface area contributed by atoms with E-state index < -0.39 is 0 Å². The number of quaternary nitrogens is 1. The zero-order valence-corrected chi connectivity index (χ0v) is 18.6. The molecule has 1 saturated heterocycles. The van der Waals surface area contributed by atoms with Gasteiger partial charge in [-0.15, -0.1) is 0 Å². The van der Waals surface area contributed by atoms with E-state index in [1.54, 1.807) is 0 Å². The number of nitrogens with one attached hydrogen (secondary N) is 1. The molecule has 1 aromatic rings. The van der Waals surface area contributed by atoms with Crippen LogP contribution in [0.2, 0.25) is 0 Å². The number of rotatable bonds is 4. The van der Waals surface area contributed by atoms with Crippen LogP contribution in [0.15, 0.2) is 12.1 Å². The summed E-state index contributed by atoms with van der Waals surface area (Å²) in [5.41, 5.74) is 4.48. The van der Waals surface area contributed by atoms with Crippen LogP contribution in [0.5, 0.6) is 0 Å². The molecule has 3 rings (SSSR count). The summed E-state index contributed by atoms with van der Waals surface area (Å²) >= 11 is 0. The van der Waals surface area contributed by atoms with E-state index in [1.807, 2.05) is 0 Å². The summed E-state index contributed by atoms with van der Waals surface area (Å²) in [5, 5.41) is 3.31. The molecular formula is C20H31N2OY+. The predicted octanol–water partition coefficient (Wildman–Crippen LogP) is 4.10. The third kappa shape index (κ3) is 3.37. The Bertz CT molecular complexity index is 593. The van der Waals surface area contributed by atoms with Crippen molar-refractivity contribution in [1.29, 1.82) is 0 Å². The van der Waals surface area contributed by atoms with E-state index >= 15 is 0 Å². The van der Waals surface area contributed by atoms with Crippen molar-refractivity contribution in [2.24, 2.45) is 0 Å². The van der Waals surface area contributed by atoms with Gasteiger partial charge in [0.15, 0.2) is 5.54 Å². The Hall–Kier alpha value is -0.246. The van der Waals surface area contributed by atoms with Crippen molar-refractivity contribution in [2.45, 2.75) is 65.3 Å². The van der Waals surface area contributed by atoms with Crippen LogP contribution in [0.3, 0.4) is 0 Å². The normalized spacial score (nSPS) is 20.8. The van der Waals surface area contributed by atoms with E-state index in [1.165, 1.54) is 49.0 Å². The van der Waals surface area contributed by atoms with Gasteiger partial charge in [-0.3, -0.25) is 4.79 Å².